The van der Waals surface area contributed by atoms with Gasteiger partial charge in [-0.2, -0.15) is 0 Å². The summed E-state index contributed by atoms with van der Waals surface area (Å²) < 4.78 is 3.05. The van der Waals surface area contributed by atoms with Gasteiger partial charge in [-0.25, -0.2) is 9.48 Å². The van der Waals surface area contributed by atoms with Gasteiger partial charge in [0, 0.05) is 18.4 Å². The van der Waals surface area contributed by atoms with Crippen LogP contribution in [0.4, 0.5) is 0 Å². The molecule has 0 saturated heterocycles. The van der Waals surface area contributed by atoms with Crippen LogP contribution in [0.15, 0.2) is 22.0 Å². The number of hydrogen-bond acceptors (Lipinski definition) is 4. The number of H-pyrrole nitrogens is 1. The number of nitrogens with zero attached hydrogens (tertiary/aromatic N) is 4. The molecule has 0 amide bonds. The Morgan fingerprint density at radius 2 is 2.06 bits per heavy atom. The normalized spacial score (nSPS) is 11.1. The van der Waals surface area contributed by atoms with Gasteiger partial charge in [-0.1, -0.05) is 5.21 Å². The van der Waals surface area contributed by atoms with E-state index in [9.17, 15) is 9.59 Å². The van der Waals surface area contributed by atoms with Gasteiger partial charge in [-0.3, -0.25) is 14.3 Å². The summed E-state index contributed by atoms with van der Waals surface area (Å²) in [7, 11) is 0. The fourth-order valence-electron chi connectivity index (χ4n) is 1.67. The van der Waals surface area contributed by atoms with Crippen LogP contribution in [0.1, 0.15) is 31.1 Å². The first-order valence-electron chi connectivity index (χ1n) is 5.68. The fraction of sp³-hybridized carbons (Fsp3) is 0.455. The van der Waals surface area contributed by atoms with E-state index in [0.29, 0.717) is 12.1 Å². The van der Waals surface area contributed by atoms with E-state index in [0.717, 1.165) is 5.69 Å². The summed E-state index contributed by atoms with van der Waals surface area (Å²) in [5, 5.41) is 7.73. The molecule has 0 spiro atoms. The lowest BCUT2D eigenvalue weighted by molar-refractivity contribution is 0.547. The molecule has 2 aromatic heterocycles. The Morgan fingerprint density at radius 3 is 2.61 bits per heavy atom. The minimum Gasteiger partial charge on any atom is -0.298 e. The Kier molecular flexibility index (Phi) is 3.14. The number of hydrogen-bond donors (Lipinski definition) is 1. The lowest BCUT2D eigenvalue weighted by Gasteiger charge is -2.10. The highest BCUT2D eigenvalue weighted by molar-refractivity contribution is 5.06. The van der Waals surface area contributed by atoms with Gasteiger partial charge in [-0.05, 0) is 20.8 Å². The van der Waals surface area contributed by atoms with Crippen molar-refractivity contribution in [3.05, 3.63) is 44.5 Å². The fourth-order valence-corrected chi connectivity index (χ4v) is 1.67. The minimum absolute atomic E-state index is 0.00872. The van der Waals surface area contributed by atoms with Crippen molar-refractivity contribution in [2.75, 3.05) is 0 Å². The SMILES string of the molecule is Cc1cn(Cc2cn(C(C)C)c(=O)[nH]c2=O)nn1. The maximum Gasteiger partial charge on any atom is 0.328 e. The van der Waals surface area contributed by atoms with Crippen LogP contribution >= 0.6 is 0 Å². The highest BCUT2D eigenvalue weighted by atomic mass is 16.2. The van der Waals surface area contributed by atoms with E-state index in [-0.39, 0.29) is 11.6 Å². The monoisotopic (exact) mass is 249 g/mol. The largest absolute Gasteiger partial charge is 0.328 e. The van der Waals surface area contributed by atoms with Crippen molar-refractivity contribution in [2.45, 2.75) is 33.4 Å². The molecule has 0 radical (unpaired) electrons. The molecule has 1 N–H and O–H groups in total. The maximum atomic E-state index is 11.7. The van der Waals surface area contributed by atoms with Gasteiger partial charge in [0.2, 0.25) is 0 Å². The van der Waals surface area contributed by atoms with Gasteiger partial charge in [0.1, 0.15) is 0 Å². The summed E-state index contributed by atoms with van der Waals surface area (Å²) >= 11 is 0. The Morgan fingerprint density at radius 1 is 1.33 bits per heavy atom. The molecule has 7 nitrogen and oxygen atoms in total. The van der Waals surface area contributed by atoms with E-state index in [2.05, 4.69) is 15.3 Å². The van der Waals surface area contributed by atoms with E-state index >= 15 is 0 Å². The summed E-state index contributed by atoms with van der Waals surface area (Å²) in [6.07, 6.45) is 3.31. The molecule has 0 saturated carbocycles. The van der Waals surface area contributed by atoms with Crippen molar-refractivity contribution in [3.8, 4) is 0 Å². The zero-order valence-electron chi connectivity index (χ0n) is 10.5. The quantitative estimate of drug-likeness (QED) is 0.833. The second-order valence-electron chi connectivity index (χ2n) is 4.47. The third-order valence-electron chi connectivity index (χ3n) is 2.58. The standard InChI is InChI=1S/C11H15N5O2/c1-7(2)16-6-9(10(17)12-11(16)18)5-15-4-8(3)13-14-15/h4,6-7H,5H2,1-3H3,(H,12,17,18). The molecule has 7 heteroatoms. The highest BCUT2D eigenvalue weighted by Gasteiger charge is 2.08. The third-order valence-corrected chi connectivity index (χ3v) is 2.58. The molecule has 0 atom stereocenters. The Labute approximate surface area is 103 Å². The first kappa shape index (κ1) is 12.3. The predicted octanol–water partition coefficient (Wildman–Crippen LogP) is 0.0657. The lowest BCUT2D eigenvalue weighted by Crippen LogP contribution is -2.33. The number of aromatic amines is 1. The molecule has 2 heterocycles. The zero-order valence-corrected chi connectivity index (χ0v) is 10.5. The van der Waals surface area contributed by atoms with Crippen LogP contribution in [0, 0.1) is 6.92 Å². The van der Waals surface area contributed by atoms with Crippen LogP contribution in [0.3, 0.4) is 0 Å². The van der Waals surface area contributed by atoms with E-state index in [4.69, 9.17) is 0 Å². The number of aromatic nitrogens is 5. The second-order valence-corrected chi connectivity index (χ2v) is 4.47. The van der Waals surface area contributed by atoms with Crippen LogP contribution in [0.5, 0.6) is 0 Å². The molecule has 0 aliphatic heterocycles. The highest BCUT2D eigenvalue weighted by Crippen LogP contribution is 2.01. The molecule has 2 rings (SSSR count). The average molecular weight is 249 g/mol. The Balaban J connectivity index is 2.42. The van der Waals surface area contributed by atoms with Crippen molar-refractivity contribution in [1.29, 1.82) is 0 Å². The van der Waals surface area contributed by atoms with Crippen molar-refractivity contribution in [2.24, 2.45) is 0 Å². The molecular weight excluding hydrogens is 234 g/mol. The third kappa shape index (κ3) is 2.39. The average Bonchev–Trinajstić information content (AvgIpc) is 2.67. The number of nitrogens with one attached hydrogen (secondary N) is 1. The molecule has 0 fully saturated rings. The van der Waals surface area contributed by atoms with Gasteiger partial charge in [0.05, 0.1) is 17.8 Å². The van der Waals surface area contributed by atoms with Gasteiger partial charge in [-0.15, -0.1) is 5.10 Å². The van der Waals surface area contributed by atoms with Crippen molar-refractivity contribution in [1.82, 2.24) is 24.5 Å². The van der Waals surface area contributed by atoms with E-state index in [1.54, 1.807) is 17.1 Å². The molecule has 96 valence electrons. The summed E-state index contributed by atoms with van der Waals surface area (Å²) in [4.78, 5) is 25.6. The van der Waals surface area contributed by atoms with Gasteiger partial charge in [0.25, 0.3) is 5.56 Å². The van der Waals surface area contributed by atoms with E-state index in [1.165, 1.54) is 4.57 Å². The summed E-state index contributed by atoms with van der Waals surface area (Å²) in [5.74, 6) is 0. The van der Waals surface area contributed by atoms with Crippen molar-refractivity contribution < 1.29 is 0 Å². The van der Waals surface area contributed by atoms with Crippen molar-refractivity contribution >= 4 is 0 Å². The molecule has 0 aliphatic carbocycles. The lowest BCUT2D eigenvalue weighted by atomic mass is 10.3. The van der Waals surface area contributed by atoms with Crippen molar-refractivity contribution in [3.63, 3.8) is 0 Å². The first-order chi connectivity index (χ1) is 8.47. The molecule has 2 aromatic rings. The minimum atomic E-state index is -0.395. The molecule has 0 bridgehead atoms. The number of rotatable bonds is 3. The maximum absolute atomic E-state index is 11.7. The zero-order chi connectivity index (χ0) is 13.3. The summed E-state index contributed by atoms with van der Waals surface area (Å²) in [6.45, 7) is 5.87. The van der Waals surface area contributed by atoms with Crippen LogP contribution in [0.25, 0.3) is 0 Å². The Hall–Kier alpha value is -2.18. The van der Waals surface area contributed by atoms with E-state index < -0.39 is 5.69 Å². The van der Waals surface area contributed by atoms with Gasteiger partial charge < -0.3 is 0 Å². The van der Waals surface area contributed by atoms with Gasteiger partial charge >= 0.3 is 5.69 Å². The molecule has 0 unspecified atom stereocenters. The molecule has 0 aromatic carbocycles. The van der Waals surface area contributed by atoms with Crippen LogP contribution < -0.4 is 11.2 Å². The Bertz CT molecular complexity index is 665. The smallest absolute Gasteiger partial charge is 0.298 e. The van der Waals surface area contributed by atoms with Gasteiger partial charge in [0.15, 0.2) is 0 Å². The number of aryl methyl sites for hydroxylation is 1. The predicted molar refractivity (Wildman–Crippen MR) is 65.6 cm³/mol. The second kappa shape index (κ2) is 4.59. The van der Waals surface area contributed by atoms with Crippen LogP contribution in [-0.2, 0) is 6.54 Å². The van der Waals surface area contributed by atoms with Crippen LogP contribution in [0.2, 0.25) is 0 Å². The summed E-state index contributed by atoms with van der Waals surface area (Å²) in [5.41, 5.74) is 0.482. The first-order valence-corrected chi connectivity index (χ1v) is 5.68. The molecule has 0 aliphatic rings. The van der Waals surface area contributed by atoms with Crippen LogP contribution in [-0.4, -0.2) is 24.5 Å². The van der Waals surface area contributed by atoms with E-state index in [1.807, 2.05) is 20.8 Å². The summed E-state index contributed by atoms with van der Waals surface area (Å²) in [6, 6.07) is -0.00872. The topological polar surface area (TPSA) is 85.6 Å². The molecule has 18 heavy (non-hydrogen) atoms. The molecular formula is C11H15N5O2.